The van der Waals surface area contributed by atoms with Crippen molar-refractivity contribution in [3.63, 3.8) is 0 Å². The fourth-order valence-electron chi connectivity index (χ4n) is 2.69. The fraction of sp³-hybridized carbons (Fsp3) is 0.600. The fourth-order valence-corrected chi connectivity index (χ4v) is 2.69. The zero-order chi connectivity index (χ0) is 13.0. The van der Waals surface area contributed by atoms with Crippen molar-refractivity contribution in [3.05, 3.63) is 35.1 Å². The molecule has 1 heterocycles. The van der Waals surface area contributed by atoms with Crippen LogP contribution in [0.4, 0.5) is 4.39 Å². The second kappa shape index (κ2) is 6.30. The summed E-state index contributed by atoms with van der Waals surface area (Å²) < 4.78 is 18.8. The Kier molecular flexibility index (Phi) is 4.72. The Morgan fingerprint density at radius 1 is 1.39 bits per heavy atom. The highest BCUT2D eigenvalue weighted by atomic mass is 19.1. The lowest BCUT2D eigenvalue weighted by Gasteiger charge is -2.31. The predicted molar refractivity (Wildman–Crippen MR) is 71.1 cm³/mol. The molecule has 100 valence electrons. The third-order valence-corrected chi connectivity index (χ3v) is 3.70. The second-order valence-corrected chi connectivity index (χ2v) is 4.99. The van der Waals surface area contributed by atoms with Crippen molar-refractivity contribution in [1.82, 2.24) is 5.32 Å². The van der Waals surface area contributed by atoms with Crippen LogP contribution in [0, 0.1) is 18.7 Å². The first-order chi connectivity index (χ1) is 8.72. The third kappa shape index (κ3) is 3.09. The summed E-state index contributed by atoms with van der Waals surface area (Å²) in [5.74, 6) is 0.463. The predicted octanol–water partition coefficient (Wildman–Crippen LogP) is 3.21. The van der Waals surface area contributed by atoms with E-state index in [0.717, 1.165) is 38.2 Å². The van der Waals surface area contributed by atoms with Crippen molar-refractivity contribution in [2.75, 3.05) is 19.8 Å². The molecule has 0 aromatic heterocycles. The van der Waals surface area contributed by atoms with Crippen LogP contribution in [-0.2, 0) is 4.74 Å². The minimum atomic E-state index is -0.124. The molecule has 0 saturated carbocycles. The largest absolute Gasteiger partial charge is 0.381 e. The smallest absolute Gasteiger partial charge is 0.126 e. The number of halogens is 1. The monoisotopic (exact) mass is 251 g/mol. The van der Waals surface area contributed by atoms with Crippen LogP contribution >= 0.6 is 0 Å². The molecule has 2 nitrogen and oxygen atoms in total. The van der Waals surface area contributed by atoms with Gasteiger partial charge in [-0.2, -0.15) is 0 Å². The first kappa shape index (κ1) is 13.5. The first-order valence-electron chi connectivity index (χ1n) is 6.79. The summed E-state index contributed by atoms with van der Waals surface area (Å²) >= 11 is 0. The van der Waals surface area contributed by atoms with Gasteiger partial charge in [-0.3, -0.25) is 0 Å². The van der Waals surface area contributed by atoms with Crippen LogP contribution in [0.1, 0.15) is 36.9 Å². The highest BCUT2D eigenvalue weighted by Crippen LogP contribution is 2.30. The summed E-state index contributed by atoms with van der Waals surface area (Å²) in [7, 11) is 0. The van der Waals surface area contributed by atoms with E-state index in [2.05, 4.69) is 12.2 Å². The van der Waals surface area contributed by atoms with E-state index in [0.29, 0.717) is 12.0 Å². The van der Waals surface area contributed by atoms with Crippen molar-refractivity contribution in [2.45, 2.75) is 32.7 Å². The average Bonchev–Trinajstić information content (AvgIpc) is 2.40. The summed E-state index contributed by atoms with van der Waals surface area (Å²) in [6, 6.07) is 5.77. The van der Waals surface area contributed by atoms with Crippen molar-refractivity contribution >= 4 is 0 Å². The van der Waals surface area contributed by atoms with Crippen LogP contribution in [0.25, 0.3) is 0 Å². The van der Waals surface area contributed by atoms with Gasteiger partial charge in [-0.05, 0) is 49.4 Å². The van der Waals surface area contributed by atoms with Gasteiger partial charge in [0.2, 0.25) is 0 Å². The molecule has 18 heavy (non-hydrogen) atoms. The Balaban J connectivity index is 2.19. The number of hydrogen-bond acceptors (Lipinski definition) is 2. The van der Waals surface area contributed by atoms with Crippen molar-refractivity contribution in [2.24, 2.45) is 5.92 Å². The molecule has 0 amide bonds. The summed E-state index contributed by atoms with van der Waals surface area (Å²) in [6.07, 6.45) is 2.15. The van der Waals surface area contributed by atoms with Crippen molar-refractivity contribution in [1.29, 1.82) is 0 Å². The molecule has 3 heteroatoms. The Morgan fingerprint density at radius 2 is 2.11 bits per heavy atom. The van der Waals surface area contributed by atoms with Gasteiger partial charge in [0.1, 0.15) is 5.82 Å². The van der Waals surface area contributed by atoms with Crippen LogP contribution < -0.4 is 5.32 Å². The number of benzene rings is 1. The molecule has 2 rings (SSSR count). The highest BCUT2D eigenvalue weighted by Gasteiger charge is 2.24. The molecule has 0 radical (unpaired) electrons. The van der Waals surface area contributed by atoms with Gasteiger partial charge in [0.25, 0.3) is 0 Å². The van der Waals surface area contributed by atoms with Gasteiger partial charge in [-0.25, -0.2) is 4.39 Å². The van der Waals surface area contributed by atoms with Crippen molar-refractivity contribution < 1.29 is 9.13 Å². The van der Waals surface area contributed by atoms with Crippen LogP contribution in [0.5, 0.6) is 0 Å². The van der Waals surface area contributed by atoms with Crippen LogP contribution in [-0.4, -0.2) is 19.8 Å². The molecular formula is C15H22FNO. The number of rotatable bonds is 4. The van der Waals surface area contributed by atoms with Crippen molar-refractivity contribution in [3.8, 4) is 0 Å². The molecule has 1 aliphatic rings. The maximum absolute atomic E-state index is 13.3. The number of ether oxygens (including phenoxy) is 1. The standard InChI is InChI=1S/C15H22FNO/c1-3-17-15(12-6-8-18-9-7-12)13-4-5-14(16)11(2)10-13/h4-5,10,12,15,17H,3,6-9H2,1-2H3. The maximum Gasteiger partial charge on any atom is 0.126 e. The molecule has 1 saturated heterocycles. The second-order valence-electron chi connectivity index (χ2n) is 4.99. The van der Waals surface area contributed by atoms with Gasteiger partial charge in [-0.15, -0.1) is 0 Å². The van der Waals surface area contributed by atoms with Crippen LogP contribution in [0.2, 0.25) is 0 Å². The van der Waals surface area contributed by atoms with E-state index in [9.17, 15) is 4.39 Å². The van der Waals surface area contributed by atoms with E-state index in [1.807, 2.05) is 19.1 Å². The normalized spacial score (nSPS) is 18.8. The minimum Gasteiger partial charge on any atom is -0.381 e. The van der Waals surface area contributed by atoms with E-state index in [-0.39, 0.29) is 5.82 Å². The van der Waals surface area contributed by atoms with Gasteiger partial charge < -0.3 is 10.1 Å². The SMILES string of the molecule is CCNC(c1ccc(F)c(C)c1)C1CCOCC1. The molecule has 1 fully saturated rings. The Morgan fingerprint density at radius 3 is 2.72 bits per heavy atom. The van der Waals surface area contributed by atoms with E-state index >= 15 is 0 Å². The third-order valence-electron chi connectivity index (χ3n) is 3.70. The quantitative estimate of drug-likeness (QED) is 0.887. The summed E-state index contributed by atoms with van der Waals surface area (Å²) in [5.41, 5.74) is 1.92. The molecule has 1 aromatic carbocycles. The van der Waals surface area contributed by atoms with E-state index in [1.54, 1.807) is 6.07 Å². The summed E-state index contributed by atoms with van der Waals surface area (Å²) in [6.45, 7) is 6.55. The zero-order valence-electron chi connectivity index (χ0n) is 11.2. The Bertz CT molecular complexity index is 388. The highest BCUT2D eigenvalue weighted by molar-refractivity contribution is 5.27. The maximum atomic E-state index is 13.3. The molecular weight excluding hydrogens is 229 g/mol. The minimum absolute atomic E-state index is 0.124. The summed E-state index contributed by atoms with van der Waals surface area (Å²) in [5, 5.41) is 3.54. The topological polar surface area (TPSA) is 21.3 Å². The lowest BCUT2D eigenvalue weighted by atomic mass is 9.86. The molecule has 1 atom stereocenters. The molecule has 1 aliphatic heterocycles. The summed E-state index contributed by atoms with van der Waals surface area (Å²) in [4.78, 5) is 0. The molecule has 1 N–H and O–H groups in total. The Hall–Kier alpha value is -0.930. The van der Waals surface area contributed by atoms with E-state index in [4.69, 9.17) is 4.74 Å². The number of nitrogens with one attached hydrogen (secondary N) is 1. The van der Waals surface area contributed by atoms with E-state index in [1.165, 1.54) is 5.56 Å². The Labute approximate surface area is 109 Å². The van der Waals surface area contributed by atoms with Gasteiger partial charge in [0, 0.05) is 19.3 Å². The van der Waals surface area contributed by atoms with Crippen LogP contribution in [0.3, 0.4) is 0 Å². The lowest BCUT2D eigenvalue weighted by molar-refractivity contribution is 0.0538. The zero-order valence-corrected chi connectivity index (χ0v) is 11.2. The van der Waals surface area contributed by atoms with Crippen LogP contribution in [0.15, 0.2) is 18.2 Å². The number of aryl methyl sites for hydroxylation is 1. The molecule has 0 spiro atoms. The molecule has 1 aromatic rings. The van der Waals surface area contributed by atoms with E-state index < -0.39 is 0 Å². The van der Waals surface area contributed by atoms with Gasteiger partial charge in [0.05, 0.1) is 0 Å². The van der Waals surface area contributed by atoms with Gasteiger partial charge in [0.15, 0.2) is 0 Å². The van der Waals surface area contributed by atoms with Gasteiger partial charge >= 0.3 is 0 Å². The average molecular weight is 251 g/mol. The molecule has 1 unspecified atom stereocenters. The molecule has 0 aliphatic carbocycles. The number of hydrogen-bond donors (Lipinski definition) is 1. The lowest BCUT2D eigenvalue weighted by Crippen LogP contribution is -2.32. The van der Waals surface area contributed by atoms with Gasteiger partial charge in [-0.1, -0.05) is 19.1 Å². The molecule has 0 bridgehead atoms. The first-order valence-corrected chi connectivity index (χ1v) is 6.79.